The Morgan fingerprint density at radius 2 is 1.09 bits per heavy atom. The van der Waals surface area contributed by atoms with Gasteiger partial charge in [0, 0.05) is 0 Å². The maximum Gasteiger partial charge on any atom is 0.332 e. The summed E-state index contributed by atoms with van der Waals surface area (Å²) in [5.74, 6) is -17.9. The second kappa shape index (κ2) is 25.4. The molecule has 406 valence electrons. The van der Waals surface area contributed by atoms with Crippen LogP contribution in [0.25, 0.3) is 0 Å². The van der Waals surface area contributed by atoms with Crippen LogP contribution in [0.2, 0.25) is 0 Å². The minimum Gasteiger partial charge on any atom is -0.504 e. The number of aliphatic hydroxyl groups is 5. The molecule has 3 aromatic rings. The molecule has 2 heterocycles. The van der Waals surface area contributed by atoms with Crippen molar-refractivity contribution in [2.75, 3.05) is 46.2 Å². The number of aromatic hydroxyl groups is 6. The summed E-state index contributed by atoms with van der Waals surface area (Å²) in [5, 5.41) is 124. The van der Waals surface area contributed by atoms with Crippen LogP contribution in [0.1, 0.15) is 49.7 Å². The summed E-state index contributed by atoms with van der Waals surface area (Å²) >= 11 is 0. The monoisotopic (exact) mass is 1060 g/mol. The minimum absolute atomic E-state index is 0.429. The number of phenolic OH excluding ortho intramolecular Hbond substituents is 6. The van der Waals surface area contributed by atoms with Crippen molar-refractivity contribution in [2.24, 2.45) is 5.92 Å². The molecule has 5 amide bonds. The summed E-state index contributed by atoms with van der Waals surface area (Å²) in [5.41, 5.74) is -2.52. The summed E-state index contributed by atoms with van der Waals surface area (Å²) in [6, 6.07) is 0.00584. The first-order valence-electron chi connectivity index (χ1n) is 22.1. The van der Waals surface area contributed by atoms with Gasteiger partial charge in [-0.2, -0.15) is 0 Å². The molecule has 0 aromatic heterocycles. The van der Waals surface area contributed by atoms with Gasteiger partial charge in [-0.15, -0.1) is 0 Å². The average molecular weight is 1060 g/mol. The highest BCUT2D eigenvalue weighted by Crippen LogP contribution is 2.39. The fourth-order valence-electron chi connectivity index (χ4n) is 6.90. The van der Waals surface area contributed by atoms with E-state index in [2.05, 4.69) is 26.6 Å². The molecular weight excluding hydrogens is 1010 g/mol. The van der Waals surface area contributed by atoms with Gasteiger partial charge in [-0.3, -0.25) is 24.0 Å². The number of esters is 4. The van der Waals surface area contributed by atoms with Gasteiger partial charge in [-0.1, -0.05) is 19.1 Å². The lowest BCUT2D eigenvalue weighted by molar-refractivity contribution is -0.234. The van der Waals surface area contributed by atoms with E-state index in [-0.39, 0.29) is 0 Å². The Morgan fingerprint density at radius 3 is 1.56 bits per heavy atom. The molecule has 4 unspecified atom stereocenters. The average Bonchev–Trinajstić information content (AvgIpc) is 3.38. The van der Waals surface area contributed by atoms with Gasteiger partial charge in [-0.25, -0.2) is 19.2 Å². The molecule has 30 nitrogen and oxygen atoms in total. The van der Waals surface area contributed by atoms with Crippen molar-refractivity contribution in [1.82, 2.24) is 26.6 Å². The van der Waals surface area contributed by atoms with Gasteiger partial charge in [-0.05, 0) is 42.0 Å². The number of phenols is 6. The van der Waals surface area contributed by atoms with Gasteiger partial charge < -0.3 is 106 Å². The predicted octanol–water partition coefficient (Wildman–Crippen LogP) is -5.45. The van der Waals surface area contributed by atoms with Crippen LogP contribution in [0, 0.1) is 5.92 Å². The highest BCUT2D eigenvalue weighted by molar-refractivity contribution is 6.02. The number of carbonyl (C=O) groups excluding carboxylic acids is 9. The zero-order chi connectivity index (χ0) is 55.4. The molecule has 0 saturated carbocycles. The van der Waals surface area contributed by atoms with Crippen LogP contribution >= 0.6 is 0 Å². The van der Waals surface area contributed by atoms with E-state index in [9.17, 15) is 94.2 Å². The number of hydrogen-bond donors (Lipinski definition) is 16. The van der Waals surface area contributed by atoms with Crippen LogP contribution in [0.4, 0.5) is 0 Å². The second-order valence-electron chi connectivity index (χ2n) is 16.6. The van der Waals surface area contributed by atoms with Gasteiger partial charge in [0.15, 0.2) is 58.7 Å². The molecular formula is C45H51N5O25. The summed E-state index contributed by atoms with van der Waals surface area (Å²) < 4.78 is 26.3. The number of benzene rings is 3. The smallest absolute Gasteiger partial charge is 0.332 e. The Labute approximate surface area is 421 Å². The molecule has 10 atom stereocenters. The van der Waals surface area contributed by atoms with E-state index < -0.39 is 217 Å². The van der Waals surface area contributed by atoms with E-state index >= 15 is 0 Å². The summed E-state index contributed by atoms with van der Waals surface area (Å²) in [6.07, 6.45) is -9.81. The third-order valence-corrected chi connectivity index (χ3v) is 11.2. The van der Waals surface area contributed by atoms with E-state index in [1.54, 1.807) is 0 Å². The van der Waals surface area contributed by atoms with Crippen LogP contribution < -0.4 is 26.6 Å². The zero-order valence-electron chi connectivity index (χ0n) is 39.0. The Morgan fingerprint density at radius 1 is 0.627 bits per heavy atom. The number of cyclic esters (lactones) is 3. The van der Waals surface area contributed by atoms with Crippen molar-refractivity contribution in [1.29, 1.82) is 0 Å². The second-order valence-corrected chi connectivity index (χ2v) is 16.6. The molecule has 2 fully saturated rings. The van der Waals surface area contributed by atoms with Crippen LogP contribution in [-0.2, 0) is 52.5 Å². The Kier molecular flexibility index (Phi) is 19.4. The molecule has 5 rings (SSSR count). The topological polar surface area (TPSA) is 482 Å². The predicted molar refractivity (Wildman–Crippen MR) is 241 cm³/mol. The molecule has 0 radical (unpaired) electrons. The molecule has 16 N–H and O–H groups in total. The normalized spacial score (nSPS) is 22.9. The molecule has 0 spiro atoms. The highest BCUT2D eigenvalue weighted by Gasteiger charge is 2.46. The first kappa shape index (κ1) is 57.4. The van der Waals surface area contributed by atoms with E-state index in [0.29, 0.717) is 0 Å². The van der Waals surface area contributed by atoms with Crippen LogP contribution in [-0.4, -0.2) is 204 Å². The van der Waals surface area contributed by atoms with E-state index in [0.717, 1.165) is 48.5 Å². The number of aliphatic hydroxyl groups excluding tert-OH is 5. The summed E-state index contributed by atoms with van der Waals surface area (Å²) in [4.78, 5) is 118. The molecule has 2 saturated heterocycles. The maximum absolute atomic E-state index is 13.9. The largest absolute Gasteiger partial charge is 0.504 e. The van der Waals surface area contributed by atoms with Crippen molar-refractivity contribution in [3.8, 4) is 34.5 Å². The third kappa shape index (κ3) is 14.2. The number of ether oxygens (including phenoxy) is 5. The van der Waals surface area contributed by atoms with Crippen LogP contribution in [0.15, 0.2) is 48.5 Å². The lowest BCUT2D eigenvalue weighted by Gasteiger charge is -2.40. The molecule has 0 aliphatic carbocycles. The fourth-order valence-corrected chi connectivity index (χ4v) is 6.90. The standard InChI is InChI=1S/C45H51N5O25/c1-17(11-51)38(63)46-10-30(56)47-22(12-52)42(67)74-16-29-34(60)35(61)36(62)37(75-29)18-8-21(33(59)28(55)9-18)41(66)50-25-15-73-44(69)23(48-39(64)19-4-2-6-26(53)31(19)57)13-71-43(68)24(14-72-45(25)70)49-40(65)20-5-3-7-27(54)32(20)58/h2-9,17,22-25,29,34-37,51-55,57-62H,10-16H2,1H3,(H,46,63)(H,47,56)(H,48,64)(H,49,65)(H,50,66)/t17?,22?,23-,24-,25-,29?,34+,35-,36?,37-/m0/s1. The molecule has 75 heavy (non-hydrogen) atoms. The van der Waals surface area contributed by atoms with Crippen molar-refractivity contribution in [2.45, 2.75) is 61.6 Å². The first-order valence-corrected chi connectivity index (χ1v) is 22.1. The number of hydrogen-bond acceptors (Lipinski definition) is 25. The Balaban J connectivity index is 1.37. The fraction of sp³-hybridized carbons (Fsp3) is 0.400. The molecule has 2 aliphatic rings. The summed E-state index contributed by atoms with van der Waals surface area (Å²) in [6.45, 7) is -5.19. The number of rotatable bonds is 16. The number of amides is 5. The van der Waals surface area contributed by atoms with Crippen LogP contribution in [0.5, 0.6) is 34.5 Å². The Bertz CT molecular complexity index is 2600. The highest BCUT2D eigenvalue weighted by atomic mass is 16.6. The molecule has 0 bridgehead atoms. The molecule has 30 heteroatoms. The third-order valence-electron chi connectivity index (χ3n) is 11.2. The van der Waals surface area contributed by atoms with E-state index in [1.165, 1.54) is 6.92 Å². The van der Waals surface area contributed by atoms with Crippen molar-refractivity contribution >= 4 is 53.4 Å². The quantitative estimate of drug-likeness (QED) is 0.0362. The van der Waals surface area contributed by atoms with Crippen LogP contribution in [0.3, 0.4) is 0 Å². The number of para-hydroxylation sites is 2. The maximum atomic E-state index is 13.9. The van der Waals surface area contributed by atoms with E-state index in [4.69, 9.17) is 28.8 Å². The lowest BCUT2D eigenvalue weighted by Crippen LogP contribution is -2.56. The van der Waals surface area contributed by atoms with Gasteiger partial charge in [0.05, 0.1) is 42.4 Å². The van der Waals surface area contributed by atoms with Crippen molar-refractivity contribution in [3.05, 3.63) is 70.8 Å². The molecule has 3 aromatic carbocycles. The Hall–Kier alpha value is -8.55. The zero-order valence-corrected chi connectivity index (χ0v) is 39.0. The number of carbonyl (C=O) groups is 9. The van der Waals surface area contributed by atoms with Gasteiger partial charge in [0.2, 0.25) is 11.8 Å². The van der Waals surface area contributed by atoms with E-state index in [1.807, 2.05) is 0 Å². The minimum atomic E-state index is -2.14. The summed E-state index contributed by atoms with van der Waals surface area (Å²) in [7, 11) is 0. The first-order chi connectivity index (χ1) is 35.5. The van der Waals surface area contributed by atoms with Gasteiger partial charge >= 0.3 is 23.9 Å². The van der Waals surface area contributed by atoms with Gasteiger partial charge in [0.25, 0.3) is 17.7 Å². The lowest BCUT2D eigenvalue weighted by atomic mass is 9.90. The SMILES string of the molecule is CC(CO)C(=O)NCC(=O)NC(CO)C(=O)OCC1O[C@@H](c2cc(O)c(O)c(C(=O)N[C@H]3COC(=O)[C@@H](NC(=O)c4cccc(O)c4O)COC(=O)[C@@H](NC(=O)c4cccc(O)c4O)COC3=O)c2)C(O)[C@@H](O)[C@@H]1O. The van der Waals surface area contributed by atoms with Crippen molar-refractivity contribution in [3.63, 3.8) is 0 Å². The van der Waals surface area contributed by atoms with Crippen molar-refractivity contribution < 1.29 is 123 Å². The van der Waals surface area contributed by atoms with Gasteiger partial charge in [0.1, 0.15) is 56.9 Å². The number of nitrogens with one attached hydrogen (secondary N) is 5. The molecule has 2 aliphatic heterocycles.